The van der Waals surface area contributed by atoms with Crippen LogP contribution in [-0.2, 0) is 0 Å². The molecule has 0 aliphatic heterocycles. The lowest BCUT2D eigenvalue weighted by Gasteiger charge is -2.06. The first-order valence-electron chi connectivity index (χ1n) is 5.86. The molecule has 20 heavy (non-hydrogen) atoms. The molecule has 6 heteroatoms. The van der Waals surface area contributed by atoms with Crippen molar-refractivity contribution >= 4 is 33.4 Å². The van der Waals surface area contributed by atoms with Crippen LogP contribution in [0.2, 0.25) is 0 Å². The van der Waals surface area contributed by atoms with E-state index < -0.39 is 0 Å². The minimum atomic E-state index is -0.306. The molecule has 0 atom stereocenters. The van der Waals surface area contributed by atoms with E-state index in [2.05, 4.69) is 31.5 Å². The molecule has 0 fully saturated rings. The van der Waals surface area contributed by atoms with Gasteiger partial charge >= 0.3 is 0 Å². The van der Waals surface area contributed by atoms with E-state index in [0.717, 1.165) is 0 Å². The van der Waals surface area contributed by atoms with Crippen molar-refractivity contribution in [1.82, 2.24) is 10.3 Å². The Morgan fingerprint density at radius 2 is 1.75 bits per heavy atom. The fraction of sp³-hybridized carbons (Fsp3) is 0.0714. The first kappa shape index (κ1) is 14.2. The summed E-state index contributed by atoms with van der Waals surface area (Å²) in [6, 6.07) is 11.7. The number of anilines is 1. The van der Waals surface area contributed by atoms with E-state index in [1.54, 1.807) is 49.5 Å². The fourth-order valence-corrected chi connectivity index (χ4v) is 1.92. The molecule has 0 unspecified atom stereocenters. The summed E-state index contributed by atoms with van der Waals surface area (Å²) in [6.07, 6.45) is 0. The minimum absolute atomic E-state index is 0.170. The molecule has 0 bridgehead atoms. The molecule has 0 saturated carbocycles. The average Bonchev–Trinajstić information content (AvgIpc) is 2.47. The predicted octanol–water partition coefficient (Wildman–Crippen LogP) is 2.46. The number of hydrogen-bond donors (Lipinski definition) is 2. The van der Waals surface area contributed by atoms with Crippen molar-refractivity contribution in [3.05, 3.63) is 58.3 Å². The fourth-order valence-electron chi connectivity index (χ4n) is 1.58. The molecule has 1 aromatic heterocycles. The molecule has 102 valence electrons. The summed E-state index contributed by atoms with van der Waals surface area (Å²) in [4.78, 5) is 27.4. The third-order valence-electron chi connectivity index (χ3n) is 2.58. The monoisotopic (exact) mass is 333 g/mol. The Morgan fingerprint density at radius 3 is 2.35 bits per heavy atom. The number of carbonyl (C=O) groups is 2. The number of aromatic nitrogens is 1. The number of halogens is 1. The highest BCUT2D eigenvalue weighted by atomic mass is 79.9. The van der Waals surface area contributed by atoms with Gasteiger partial charge in [0.25, 0.3) is 11.8 Å². The Bertz CT molecular complexity index is 641. The molecule has 0 aliphatic rings. The molecule has 1 heterocycles. The zero-order valence-electron chi connectivity index (χ0n) is 10.7. The van der Waals surface area contributed by atoms with E-state index >= 15 is 0 Å². The van der Waals surface area contributed by atoms with Crippen molar-refractivity contribution in [2.45, 2.75) is 0 Å². The van der Waals surface area contributed by atoms with Gasteiger partial charge in [0.2, 0.25) is 0 Å². The van der Waals surface area contributed by atoms with Gasteiger partial charge < -0.3 is 10.6 Å². The van der Waals surface area contributed by atoms with Crippen molar-refractivity contribution in [2.75, 3.05) is 12.4 Å². The van der Waals surface area contributed by atoms with Gasteiger partial charge in [0.05, 0.1) is 0 Å². The van der Waals surface area contributed by atoms with Crippen LogP contribution in [0, 0.1) is 0 Å². The molecular formula is C14H12BrN3O2. The SMILES string of the molecule is CNC(=O)c1ccc(NC(=O)c2cccc(Br)n2)cc1. The molecule has 2 N–H and O–H groups in total. The lowest BCUT2D eigenvalue weighted by molar-refractivity contribution is 0.0962. The van der Waals surface area contributed by atoms with Gasteiger partial charge in [0.15, 0.2) is 0 Å². The summed E-state index contributed by atoms with van der Waals surface area (Å²) >= 11 is 3.21. The van der Waals surface area contributed by atoms with Crippen molar-refractivity contribution in [2.24, 2.45) is 0 Å². The average molecular weight is 334 g/mol. The van der Waals surface area contributed by atoms with E-state index in [0.29, 0.717) is 21.5 Å². The highest BCUT2D eigenvalue weighted by Gasteiger charge is 2.08. The Hall–Kier alpha value is -2.21. The molecule has 1 aromatic carbocycles. The molecular weight excluding hydrogens is 322 g/mol. The van der Waals surface area contributed by atoms with Crippen molar-refractivity contribution in [3.8, 4) is 0 Å². The molecule has 0 aliphatic carbocycles. The van der Waals surface area contributed by atoms with Crippen LogP contribution in [0.25, 0.3) is 0 Å². The Balaban J connectivity index is 2.10. The number of hydrogen-bond acceptors (Lipinski definition) is 3. The maximum absolute atomic E-state index is 12.0. The Morgan fingerprint density at radius 1 is 1.05 bits per heavy atom. The Labute approximate surface area is 124 Å². The normalized spacial score (nSPS) is 9.90. The molecule has 2 aromatic rings. The number of rotatable bonds is 3. The number of pyridine rings is 1. The van der Waals surface area contributed by atoms with E-state index in [4.69, 9.17) is 0 Å². The summed E-state index contributed by atoms with van der Waals surface area (Å²) < 4.78 is 0.597. The largest absolute Gasteiger partial charge is 0.355 e. The van der Waals surface area contributed by atoms with Crippen molar-refractivity contribution in [1.29, 1.82) is 0 Å². The van der Waals surface area contributed by atoms with Gasteiger partial charge in [-0.05, 0) is 52.3 Å². The highest BCUT2D eigenvalue weighted by molar-refractivity contribution is 9.10. The molecule has 0 saturated heterocycles. The number of nitrogens with one attached hydrogen (secondary N) is 2. The van der Waals surface area contributed by atoms with Crippen LogP contribution in [0.15, 0.2) is 47.1 Å². The van der Waals surface area contributed by atoms with Crippen LogP contribution in [0.5, 0.6) is 0 Å². The molecule has 2 rings (SSSR count). The van der Waals surface area contributed by atoms with Crippen molar-refractivity contribution < 1.29 is 9.59 Å². The number of carbonyl (C=O) groups excluding carboxylic acids is 2. The van der Waals surface area contributed by atoms with Crippen LogP contribution < -0.4 is 10.6 Å². The maximum Gasteiger partial charge on any atom is 0.274 e. The third kappa shape index (κ3) is 3.42. The maximum atomic E-state index is 12.0. The number of amides is 2. The summed E-state index contributed by atoms with van der Waals surface area (Å²) in [5.74, 6) is -0.476. The first-order chi connectivity index (χ1) is 9.60. The molecule has 2 amide bonds. The van der Waals surface area contributed by atoms with Gasteiger partial charge in [-0.3, -0.25) is 9.59 Å². The van der Waals surface area contributed by atoms with Gasteiger partial charge in [-0.1, -0.05) is 6.07 Å². The summed E-state index contributed by atoms with van der Waals surface area (Å²) in [5.41, 5.74) is 1.45. The highest BCUT2D eigenvalue weighted by Crippen LogP contribution is 2.12. The first-order valence-corrected chi connectivity index (χ1v) is 6.65. The quantitative estimate of drug-likeness (QED) is 0.847. The predicted molar refractivity (Wildman–Crippen MR) is 79.7 cm³/mol. The topological polar surface area (TPSA) is 71.1 Å². The van der Waals surface area contributed by atoms with Crippen LogP contribution in [0.1, 0.15) is 20.8 Å². The third-order valence-corrected chi connectivity index (χ3v) is 3.02. The van der Waals surface area contributed by atoms with Gasteiger partial charge in [-0.25, -0.2) is 4.98 Å². The molecule has 5 nitrogen and oxygen atoms in total. The van der Waals surface area contributed by atoms with E-state index in [1.165, 1.54) is 0 Å². The zero-order valence-corrected chi connectivity index (χ0v) is 12.3. The zero-order chi connectivity index (χ0) is 14.5. The van der Waals surface area contributed by atoms with Gasteiger partial charge in [-0.2, -0.15) is 0 Å². The van der Waals surface area contributed by atoms with Gasteiger partial charge in [0.1, 0.15) is 10.3 Å². The van der Waals surface area contributed by atoms with Crippen LogP contribution in [0.4, 0.5) is 5.69 Å². The lowest BCUT2D eigenvalue weighted by atomic mass is 10.2. The second-order valence-corrected chi connectivity index (χ2v) is 4.77. The smallest absolute Gasteiger partial charge is 0.274 e. The number of benzene rings is 1. The van der Waals surface area contributed by atoms with Crippen LogP contribution in [-0.4, -0.2) is 23.8 Å². The van der Waals surface area contributed by atoms with E-state index in [9.17, 15) is 9.59 Å². The molecule has 0 spiro atoms. The van der Waals surface area contributed by atoms with Crippen molar-refractivity contribution in [3.63, 3.8) is 0 Å². The summed E-state index contributed by atoms with van der Waals surface area (Å²) in [7, 11) is 1.57. The second kappa shape index (κ2) is 6.29. The van der Waals surface area contributed by atoms with E-state index in [1.807, 2.05) is 0 Å². The van der Waals surface area contributed by atoms with E-state index in [-0.39, 0.29) is 11.8 Å². The van der Waals surface area contributed by atoms with Gasteiger partial charge in [0, 0.05) is 18.3 Å². The Kier molecular flexibility index (Phi) is 4.47. The summed E-state index contributed by atoms with van der Waals surface area (Å²) in [6.45, 7) is 0. The lowest BCUT2D eigenvalue weighted by Crippen LogP contribution is -2.18. The standard InChI is InChI=1S/C14H12BrN3O2/c1-16-13(19)9-5-7-10(8-6-9)17-14(20)11-3-2-4-12(15)18-11/h2-8H,1H3,(H,16,19)(H,17,20). The second-order valence-electron chi connectivity index (χ2n) is 3.96. The summed E-state index contributed by atoms with van der Waals surface area (Å²) in [5, 5.41) is 5.25. The van der Waals surface area contributed by atoms with Crippen LogP contribution in [0.3, 0.4) is 0 Å². The number of nitrogens with zero attached hydrogens (tertiary/aromatic N) is 1. The minimum Gasteiger partial charge on any atom is -0.355 e. The molecule has 0 radical (unpaired) electrons. The van der Waals surface area contributed by atoms with Gasteiger partial charge in [-0.15, -0.1) is 0 Å². The van der Waals surface area contributed by atoms with Crippen LogP contribution >= 0.6 is 15.9 Å².